The highest BCUT2D eigenvalue weighted by molar-refractivity contribution is 7.80. The Hall–Kier alpha value is -0.750. The van der Waals surface area contributed by atoms with E-state index in [1.165, 1.54) is 6.92 Å². The first-order valence-corrected chi connectivity index (χ1v) is 7.62. The summed E-state index contributed by atoms with van der Waals surface area (Å²) < 4.78 is -1.74. The Bertz CT molecular complexity index is 546. The Morgan fingerprint density at radius 2 is 1.86 bits per heavy atom. The van der Waals surface area contributed by atoms with E-state index >= 15 is 0 Å². The second-order valence-corrected chi connectivity index (χ2v) is 7.37. The Balaban J connectivity index is 2.76. The zero-order valence-electron chi connectivity index (χ0n) is 11.8. The van der Waals surface area contributed by atoms with Gasteiger partial charge in [0.2, 0.25) is 9.70 Å². The summed E-state index contributed by atoms with van der Waals surface area (Å²) in [4.78, 5) is 11.1. The van der Waals surface area contributed by atoms with E-state index < -0.39 is 9.96 Å². The molecule has 1 rings (SSSR count). The van der Waals surface area contributed by atoms with E-state index in [-0.39, 0.29) is 11.0 Å². The molecule has 0 heterocycles. The number of thiocarbonyl (C=S) groups is 1. The number of rotatable bonds is 3. The van der Waals surface area contributed by atoms with Crippen LogP contribution in [0.5, 0.6) is 0 Å². The molecule has 1 aromatic carbocycles. The normalized spacial score (nSPS) is 12.5. The summed E-state index contributed by atoms with van der Waals surface area (Å²) >= 11 is 22.6. The van der Waals surface area contributed by atoms with Crippen molar-refractivity contribution in [3.8, 4) is 0 Å². The molecule has 21 heavy (non-hydrogen) atoms. The number of hydrogen-bond donors (Lipinski definition) is 3. The number of aryl methyl sites for hydroxylation is 2. The number of carbonyl (C=O) groups is 1. The lowest BCUT2D eigenvalue weighted by atomic mass is 10.1. The van der Waals surface area contributed by atoms with Crippen molar-refractivity contribution in [1.29, 1.82) is 0 Å². The molecule has 0 aliphatic heterocycles. The molecule has 116 valence electrons. The molecule has 0 aliphatic carbocycles. The van der Waals surface area contributed by atoms with Crippen LogP contribution in [0.2, 0.25) is 0 Å². The van der Waals surface area contributed by atoms with Crippen molar-refractivity contribution in [3.63, 3.8) is 0 Å². The minimum atomic E-state index is -1.74. The van der Waals surface area contributed by atoms with E-state index in [2.05, 4.69) is 16.0 Å². The Labute approximate surface area is 144 Å². The molecule has 0 aliphatic rings. The molecule has 0 spiro atoms. The van der Waals surface area contributed by atoms with E-state index in [9.17, 15) is 4.79 Å². The quantitative estimate of drug-likeness (QED) is 0.435. The Morgan fingerprint density at radius 3 is 2.33 bits per heavy atom. The van der Waals surface area contributed by atoms with Crippen molar-refractivity contribution in [2.45, 2.75) is 30.7 Å². The molecular formula is C13H16Cl3N3OS. The molecule has 1 aromatic rings. The molecule has 3 N–H and O–H groups in total. The highest BCUT2D eigenvalue weighted by Crippen LogP contribution is 2.29. The van der Waals surface area contributed by atoms with Gasteiger partial charge < -0.3 is 16.0 Å². The lowest BCUT2D eigenvalue weighted by Crippen LogP contribution is -2.55. The van der Waals surface area contributed by atoms with E-state index in [0.29, 0.717) is 0 Å². The summed E-state index contributed by atoms with van der Waals surface area (Å²) in [5.41, 5.74) is 3.02. The minimum Gasteiger partial charge on any atom is -0.339 e. The van der Waals surface area contributed by atoms with Gasteiger partial charge in [-0.1, -0.05) is 52.5 Å². The summed E-state index contributed by atoms with van der Waals surface area (Å²) in [5, 5.41) is 8.51. The maximum absolute atomic E-state index is 11.1. The smallest absolute Gasteiger partial charge is 0.228 e. The van der Waals surface area contributed by atoms with E-state index in [1.807, 2.05) is 32.0 Å². The SMILES string of the molecule is CC(=O)N[C@H](NC(=S)Nc1ccc(C)cc1C)C(Cl)(Cl)Cl. The van der Waals surface area contributed by atoms with E-state index in [1.54, 1.807) is 0 Å². The fourth-order valence-electron chi connectivity index (χ4n) is 1.65. The van der Waals surface area contributed by atoms with Gasteiger partial charge in [0.25, 0.3) is 0 Å². The number of amides is 1. The maximum atomic E-state index is 11.1. The molecular weight excluding hydrogens is 353 g/mol. The molecule has 0 aromatic heterocycles. The van der Waals surface area contributed by atoms with Crippen LogP contribution in [0.1, 0.15) is 18.1 Å². The third-order valence-corrected chi connectivity index (χ3v) is 3.46. The second kappa shape index (κ2) is 7.49. The van der Waals surface area contributed by atoms with Crippen molar-refractivity contribution < 1.29 is 4.79 Å². The largest absolute Gasteiger partial charge is 0.339 e. The number of halogens is 3. The first-order chi connectivity index (χ1) is 9.59. The average molecular weight is 369 g/mol. The van der Waals surface area contributed by atoms with Crippen LogP contribution >= 0.6 is 47.0 Å². The molecule has 0 radical (unpaired) electrons. The Morgan fingerprint density at radius 1 is 1.24 bits per heavy atom. The van der Waals surface area contributed by atoms with Gasteiger partial charge in [0, 0.05) is 12.6 Å². The summed E-state index contributed by atoms with van der Waals surface area (Å²) in [6.45, 7) is 5.28. The summed E-state index contributed by atoms with van der Waals surface area (Å²) in [6.07, 6.45) is -0.939. The lowest BCUT2D eigenvalue weighted by molar-refractivity contribution is -0.119. The van der Waals surface area contributed by atoms with Gasteiger partial charge in [-0.05, 0) is 37.7 Å². The van der Waals surface area contributed by atoms with Crippen molar-refractivity contribution in [2.75, 3.05) is 5.32 Å². The monoisotopic (exact) mass is 367 g/mol. The fraction of sp³-hybridized carbons (Fsp3) is 0.385. The number of hydrogen-bond acceptors (Lipinski definition) is 2. The van der Waals surface area contributed by atoms with E-state index in [4.69, 9.17) is 47.0 Å². The van der Waals surface area contributed by atoms with Gasteiger partial charge in [0.1, 0.15) is 6.17 Å². The van der Waals surface area contributed by atoms with Gasteiger partial charge in [-0.25, -0.2) is 0 Å². The highest BCUT2D eigenvalue weighted by Gasteiger charge is 2.34. The lowest BCUT2D eigenvalue weighted by Gasteiger charge is -2.27. The standard InChI is InChI=1S/C13H16Cl3N3OS/c1-7-4-5-10(8(2)6-7)18-12(21)19-11(13(14,15)16)17-9(3)20/h4-6,11H,1-3H3,(H,17,20)(H2,18,19,21)/t11-/m1/s1. The Kier molecular flexibility index (Phi) is 6.53. The first-order valence-electron chi connectivity index (χ1n) is 6.08. The predicted molar refractivity (Wildman–Crippen MR) is 93.2 cm³/mol. The van der Waals surface area contributed by atoms with Gasteiger partial charge in [0.15, 0.2) is 5.11 Å². The van der Waals surface area contributed by atoms with Crippen molar-refractivity contribution in [2.24, 2.45) is 0 Å². The van der Waals surface area contributed by atoms with Gasteiger partial charge in [-0.2, -0.15) is 0 Å². The molecule has 8 heteroatoms. The molecule has 0 saturated heterocycles. The van der Waals surface area contributed by atoms with Gasteiger partial charge in [-0.15, -0.1) is 0 Å². The summed E-state index contributed by atoms with van der Waals surface area (Å²) in [5.74, 6) is -0.340. The maximum Gasteiger partial charge on any atom is 0.228 e. The van der Waals surface area contributed by atoms with Crippen LogP contribution in [0, 0.1) is 13.8 Å². The van der Waals surface area contributed by atoms with Crippen LogP contribution in [0.3, 0.4) is 0 Å². The van der Waals surface area contributed by atoms with Crippen LogP contribution in [0.4, 0.5) is 5.69 Å². The molecule has 0 fully saturated rings. The minimum absolute atomic E-state index is 0.243. The molecule has 4 nitrogen and oxygen atoms in total. The molecule has 0 bridgehead atoms. The summed E-state index contributed by atoms with van der Waals surface area (Å²) in [7, 11) is 0. The number of alkyl halides is 3. The number of anilines is 1. The third kappa shape index (κ3) is 6.26. The van der Waals surface area contributed by atoms with Crippen LogP contribution in [-0.2, 0) is 4.79 Å². The summed E-state index contributed by atoms with van der Waals surface area (Å²) in [6, 6.07) is 5.88. The van der Waals surface area contributed by atoms with Gasteiger partial charge in [0.05, 0.1) is 0 Å². The van der Waals surface area contributed by atoms with Gasteiger partial charge in [-0.3, -0.25) is 4.79 Å². The van der Waals surface area contributed by atoms with Crippen molar-refractivity contribution >= 4 is 63.7 Å². The number of benzene rings is 1. The van der Waals surface area contributed by atoms with Crippen molar-refractivity contribution in [3.05, 3.63) is 29.3 Å². The van der Waals surface area contributed by atoms with Crippen LogP contribution in [-0.4, -0.2) is 21.0 Å². The second-order valence-electron chi connectivity index (χ2n) is 4.59. The number of nitrogens with one attached hydrogen (secondary N) is 3. The van der Waals surface area contributed by atoms with Crippen molar-refractivity contribution in [1.82, 2.24) is 10.6 Å². The van der Waals surface area contributed by atoms with Crippen LogP contribution in [0.15, 0.2) is 18.2 Å². The number of carbonyl (C=O) groups excluding carboxylic acids is 1. The highest BCUT2D eigenvalue weighted by atomic mass is 35.6. The molecule has 1 atom stereocenters. The fourth-order valence-corrected chi connectivity index (χ4v) is 2.20. The van der Waals surface area contributed by atoms with Crippen LogP contribution in [0.25, 0.3) is 0 Å². The third-order valence-electron chi connectivity index (χ3n) is 2.58. The van der Waals surface area contributed by atoms with Crippen LogP contribution < -0.4 is 16.0 Å². The van der Waals surface area contributed by atoms with E-state index in [0.717, 1.165) is 16.8 Å². The zero-order valence-corrected chi connectivity index (χ0v) is 14.8. The van der Waals surface area contributed by atoms with Gasteiger partial charge >= 0.3 is 0 Å². The zero-order chi connectivity index (χ0) is 16.2. The molecule has 0 unspecified atom stereocenters. The predicted octanol–water partition coefficient (Wildman–Crippen LogP) is 3.42. The topological polar surface area (TPSA) is 53.2 Å². The molecule has 1 amide bonds. The average Bonchev–Trinajstić information content (AvgIpc) is 2.30. The first kappa shape index (κ1) is 18.3. The molecule has 0 saturated carbocycles.